The lowest BCUT2D eigenvalue weighted by Gasteiger charge is -2.18. The van der Waals surface area contributed by atoms with E-state index in [0.717, 1.165) is 0 Å². The van der Waals surface area contributed by atoms with Gasteiger partial charge in [-0.05, 0) is 20.3 Å². The summed E-state index contributed by atoms with van der Waals surface area (Å²) >= 11 is 0. The molecule has 0 aromatic carbocycles. The average molecular weight is 226 g/mol. The summed E-state index contributed by atoms with van der Waals surface area (Å²) in [6, 6.07) is 0. The minimum atomic E-state index is -0.158. The van der Waals surface area contributed by atoms with E-state index in [1.165, 1.54) is 0 Å². The number of carbonyl (C=O) groups excluding carboxylic acids is 1. The molecule has 0 saturated heterocycles. The van der Waals surface area contributed by atoms with Gasteiger partial charge in [0.2, 0.25) is 5.76 Å². The molecule has 1 amide bonds. The van der Waals surface area contributed by atoms with E-state index in [2.05, 4.69) is 4.98 Å². The Balaban J connectivity index is 2.78. The van der Waals surface area contributed by atoms with Gasteiger partial charge >= 0.3 is 0 Å². The minimum absolute atomic E-state index is 0.0815. The zero-order valence-electron chi connectivity index (χ0n) is 9.99. The van der Waals surface area contributed by atoms with Crippen molar-refractivity contribution in [2.75, 3.05) is 19.7 Å². The molecule has 5 heteroatoms. The second-order valence-corrected chi connectivity index (χ2v) is 3.61. The van der Waals surface area contributed by atoms with Crippen molar-refractivity contribution >= 4 is 5.91 Å². The number of hydrogen-bond acceptors (Lipinski definition) is 4. The van der Waals surface area contributed by atoms with Crippen LogP contribution >= 0.6 is 0 Å². The highest BCUT2D eigenvalue weighted by Crippen LogP contribution is 2.12. The van der Waals surface area contributed by atoms with Gasteiger partial charge in [-0.2, -0.15) is 0 Å². The first-order valence-corrected chi connectivity index (χ1v) is 5.44. The quantitative estimate of drug-likeness (QED) is 0.817. The Morgan fingerprint density at radius 1 is 1.50 bits per heavy atom. The van der Waals surface area contributed by atoms with Crippen LogP contribution in [0.5, 0.6) is 0 Å². The van der Waals surface area contributed by atoms with Gasteiger partial charge in [0.25, 0.3) is 5.91 Å². The molecule has 1 aromatic heterocycles. The fourth-order valence-corrected chi connectivity index (χ4v) is 1.54. The Morgan fingerprint density at radius 2 is 2.19 bits per heavy atom. The zero-order chi connectivity index (χ0) is 12.1. The summed E-state index contributed by atoms with van der Waals surface area (Å²) in [5.74, 6) is 0.644. The van der Waals surface area contributed by atoms with E-state index < -0.39 is 0 Å². The summed E-state index contributed by atoms with van der Waals surface area (Å²) in [7, 11) is 0. The summed E-state index contributed by atoms with van der Waals surface area (Å²) in [4.78, 5) is 17.7. The van der Waals surface area contributed by atoms with Crippen LogP contribution in [0.4, 0.5) is 0 Å². The van der Waals surface area contributed by atoms with Crippen LogP contribution < -0.4 is 0 Å². The van der Waals surface area contributed by atoms with Gasteiger partial charge < -0.3 is 14.4 Å². The number of carbonyl (C=O) groups is 1. The number of rotatable bonds is 5. The average Bonchev–Trinajstić information content (AvgIpc) is 2.58. The Hall–Kier alpha value is -1.36. The van der Waals surface area contributed by atoms with Crippen molar-refractivity contribution in [3.63, 3.8) is 0 Å². The maximum Gasteiger partial charge on any atom is 0.291 e. The van der Waals surface area contributed by atoms with Crippen molar-refractivity contribution in [1.29, 1.82) is 0 Å². The lowest BCUT2D eigenvalue weighted by molar-refractivity contribution is 0.0720. The van der Waals surface area contributed by atoms with Crippen molar-refractivity contribution < 1.29 is 14.3 Å². The number of amides is 1. The van der Waals surface area contributed by atoms with Gasteiger partial charge in [-0.15, -0.1) is 0 Å². The van der Waals surface area contributed by atoms with Crippen molar-refractivity contribution in [3.8, 4) is 0 Å². The smallest absolute Gasteiger partial charge is 0.291 e. The lowest BCUT2D eigenvalue weighted by Crippen LogP contribution is -2.32. The third-order valence-electron chi connectivity index (χ3n) is 2.35. The number of oxazole rings is 1. The first-order chi connectivity index (χ1) is 7.60. The van der Waals surface area contributed by atoms with Crippen molar-refractivity contribution in [2.24, 2.45) is 0 Å². The van der Waals surface area contributed by atoms with E-state index in [4.69, 9.17) is 9.52 Å². The van der Waals surface area contributed by atoms with E-state index in [9.17, 15) is 4.79 Å². The van der Waals surface area contributed by atoms with Crippen molar-refractivity contribution in [2.45, 2.75) is 27.2 Å². The molecule has 0 aliphatic heterocycles. The van der Waals surface area contributed by atoms with Crippen LogP contribution in [-0.2, 0) is 0 Å². The molecule has 0 atom stereocenters. The molecule has 5 nitrogen and oxygen atoms in total. The normalized spacial score (nSPS) is 10.5. The summed E-state index contributed by atoms with van der Waals surface area (Å²) < 4.78 is 5.27. The van der Waals surface area contributed by atoms with Gasteiger partial charge in [0, 0.05) is 26.6 Å². The van der Waals surface area contributed by atoms with E-state index in [-0.39, 0.29) is 12.5 Å². The highest BCUT2D eigenvalue weighted by molar-refractivity contribution is 5.92. The van der Waals surface area contributed by atoms with Crippen molar-refractivity contribution in [3.05, 3.63) is 17.3 Å². The largest absolute Gasteiger partial charge is 0.436 e. The van der Waals surface area contributed by atoms with Crippen LogP contribution in [0.2, 0.25) is 0 Å². The maximum atomic E-state index is 12.0. The maximum absolute atomic E-state index is 12.0. The standard InChI is InChI=1S/C11H18N2O3/c1-4-13(6-5-7-14)11(15)10-8(2)12-9(3)16-10/h14H,4-7H2,1-3H3. The third kappa shape index (κ3) is 2.82. The van der Waals surface area contributed by atoms with Crippen LogP contribution in [0.15, 0.2) is 4.42 Å². The molecule has 0 spiro atoms. The van der Waals surface area contributed by atoms with Crippen LogP contribution in [0.3, 0.4) is 0 Å². The number of aromatic nitrogens is 1. The van der Waals surface area contributed by atoms with E-state index in [1.54, 1.807) is 18.7 Å². The predicted molar refractivity (Wildman–Crippen MR) is 59.3 cm³/mol. The molecule has 0 aliphatic rings. The fourth-order valence-electron chi connectivity index (χ4n) is 1.54. The van der Waals surface area contributed by atoms with Gasteiger partial charge in [-0.1, -0.05) is 0 Å². The molecule has 0 unspecified atom stereocenters. The molecule has 0 radical (unpaired) electrons. The Morgan fingerprint density at radius 3 is 2.62 bits per heavy atom. The van der Waals surface area contributed by atoms with E-state index in [1.807, 2.05) is 6.92 Å². The van der Waals surface area contributed by atoms with Crippen LogP contribution in [-0.4, -0.2) is 40.6 Å². The number of nitrogens with zero attached hydrogens (tertiary/aromatic N) is 2. The fraction of sp³-hybridized carbons (Fsp3) is 0.636. The molecular weight excluding hydrogens is 208 g/mol. The molecule has 0 saturated carbocycles. The molecule has 1 rings (SSSR count). The molecule has 90 valence electrons. The highest BCUT2D eigenvalue weighted by atomic mass is 16.4. The Bertz CT molecular complexity index is 360. The third-order valence-corrected chi connectivity index (χ3v) is 2.35. The zero-order valence-corrected chi connectivity index (χ0v) is 9.99. The minimum Gasteiger partial charge on any atom is -0.436 e. The number of hydrogen-bond donors (Lipinski definition) is 1. The van der Waals surface area contributed by atoms with Crippen LogP contribution in [0.25, 0.3) is 0 Å². The molecule has 0 fully saturated rings. The summed E-state index contributed by atoms with van der Waals surface area (Å²) in [5, 5.41) is 8.75. The SMILES string of the molecule is CCN(CCCO)C(=O)c1oc(C)nc1C. The van der Waals surface area contributed by atoms with Gasteiger partial charge in [0.05, 0.1) is 5.69 Å². The number of aryl methyl sites for hydroxylation is 2. The summed E-state index contributed by atoms with van der Waals surface area (Å²) in [5.41, 5.74) is 0.616. The number of aliphatic hydroxyl groups excluding tert-OH is 1. The lowest BCUT2D eigenvalue weighted by atomic mass is 10.3. The van der Waals surface area contributed by atoms with Crippen molar-refractivity contribution in [1.82, 2.24) is 9.88 Å². The molecule has 0 aliphatic carbocycles. The molecular formula is C11H18N2O3. The van der Waals surface area contributed by atoms with Gasteiger partial charge in [0.1, 0.15) is 0 Å². The topological polar surface area (TPSA) is 66.6 Å². The Kier molecular flexibility index (Phi) is 4.49. The monoisotopic (exact) mass is 226 g/mol. The summed E-state index contributed by atoms with van der Waals surface area (Å²) in [6.45, 7) is 6.58. The van der Waals surface area contributed by atoms with Crippen LogP contribution in [0, 0.1) is 13.8 Å². The Labute approximate surface area is 95.1 Å². The molecule has 1 aromatic rings. The highest BCUT2D eigenvalue weighted by Gasteiger charge is 2.20. The summed E-state index contributed by atoms with van der Waals surface area (Å²) in [6.07, 6.45) is 0.575. The first kappa shape index (κ1) is 12.7. The molecule has 16 heavy (non-hydrogen) atoms. The molecule has 0 bridgehead atoms. The molecule has 1 heterocycles. The van der Waals surface area contributed by atoms with E-state index in [0.29, 0.717) is 36.9 Å². The second-order valence-electron chi connectivity index (χ2n) is 3.61. The number of aliphatic hydroxyl groups is 1. The van der Waals surface area contributed by atoms with E-state index >= 15 is 0 Å². The predicted octanol–water partition coefficient (Wildman–Crippen LogP) is 1.14. The van der Waals surface area contributed by atoms with Gasteiger partial charge in [-0.25, -0.2) is 4.98 Å². The molecule has 1 N–H and O–H groups in total. The van der Waals surface area contributed by atoms with Gasteiger partial charge in [0.15, 0.2) is 5.89 Å². The van der Waals surface area contributed by atoms with Crippen LogP contribution in [0.1, 0.15) is 35.5 Å². The second kappa shape index (κ2) is 5.65. The first-order valence-electron chi connectivity index (χ1n) is 5.44. The van der Waals surface area contributed by atoms with Gasteiger partial charge in [-0.3, -0.25) is 4.79 Å².